The molecule has 0 radical (unpaired) electrons. The van der Waals surface area contributed by atoms with E-state index in [-0.39, 0.29) is 19.0 Å². The molecule has 2 rings (SSSR count). The van der Waals surface area contributed by atoms with Gasteiger partial charge in [-0.1, -0.05) is 29.8 Å². The molecule has 0 bridgehead atoms. The molecule has 0 aliphatic rings. The minimum absolute atomic E-state index is 0.0384. The second kappa shape index (κ2) is 9.40. The van der Waals surface area contributed by atoms with Crippen molar-refractivity contribution in [1.82, 2.24) is 5.32 Å². The first kappa shape index (κ1) is 20.0. The fourth-order valence-electron chi connectivity index (χ4n) is 2.22. The molecule has 7 heteroatoms. The predicted octanol–water partition coefficient (Wildman–Crippen LogP) is 4.02. The highest BCUT2D eigenvalue weighted by molar-refractivity contribution is 6.31. The first-order valence-corrected chi connectivity index (χ1v) is 8.57. The number of nitrogens with one attached hydrogen (secondary N) is 1. The lowest BCUT2D eigenvalue weighted by atomic mass is 10.1. The molecule has 1 atom stereocenters. The summed E-state index contributed by atoms with van der Waals surface area (Å²) in [6.07, 6.45) is 0. The second-order valence-corrected chi connectivity index (χ2v) is 6.05. The van der Waals surface area contributed by atoms with Crippen molar-refractivity contribution >= 4 is 17.6 Å². The Morgan fingerprint density at radius 3 is 2.58 bits per heavy atom. The van der Waals surface area contributed by atoms with Gasteiger partial charge in [0.1, 0.15) is 18.5 Å². The molecule has 0 fully saturated rings. The Morgan fingerprint density at radius 2 is 1.92 bits per heavy atom. The Labute approximate surface area is 156 Å². The molecule has 2 aromatic rings. The lowest BCUT2D eigenvalue weighted by Gasteiger charge is -2.16. The van der Waals surface area contributed by atoms with Crippen LogP contribution in [0.4, 0.5) is 4.39 Å². The normalized spacial score (nSPS) is 11.8. The van der Waals surface area contributed by atoms with E-state index in [9.17, 15) is 9.18 Å². The molecule has 2 aromatic carbocycles. The maximum Gasteiger partial charge on any atom is 0.320 e. The average molecular weight is 382 g/mol. The maximum atomic E-state index is 13.7. The van der Waals surface area contributed by atoms with Crippen molar-refractivity contribution in [2.24, 2.45) is 0 Å². The summed E-state index contributed by atoms with van der Waals surface area (Å²) in [6.45, 7) is 4.10. The molecule has 0 spiro atoms. The highest BCUT2D eigenvalue weighted by Gasteiger charge is 2.15. The Balaban J connectivity index is 2.17. The van der Waals surface area contributed by atoms with Crippen molar-refractivity contribution < 1.29 is 23.8 Å². The van der Waals surface area contributed by atoms with Crippen LogP contribution < -0.4 is 14.8 Å². The number of aliphatic carboxylic acids is 1. The molecule has 5 nitrogen and oxygen atoms in total. The van der Waals surface area contributed by atoms with Gasteiger partial charge in [0, 0.05) is 23.2 Å². The van der Waals surface area contributed by atoms with Gasteiger partial charge in [-0.05, 0) is 31.5 Å². The Kier molecular flexibility index (Phi) is 7.24. The molecule has 0 heterocycles. The van der Waals surface area contributed by atoms with Crippen LogP contribution in [0, 0.1) is 5.82 Å². The van der Waals surface area contributed by atoms with E-state index in [4.69, 9.17) is 26.2 Å². The smallest absolute Gasteiger partial charge is 0.320 e. The van der Waals surface area contributed by atoms with E-state index >= 15 is 0 Å². The number of carboxylic acids is 1. The zero-order chi connectivity index (χ0) is 19.1. The van der Waals surface area contributed by atoms with E-state index < -0.39 is 12.0 Å². The summed E-state index contributed by atoms with van der Waals surface area (Å²) >= 11 is 6.28. The largest absolute Gasteiger partial charge is 0.490 e. The Hall–Kier alpha value is -2.31. The standard InChI is InChI=1S/C19H21ClFNO4/c1-3-25-17-8-14(10-22-12(2)19(23)24)15(20)9-18(17)26-11-13-6-4-5-7-16(13)21/h4-9,12,22H,3,10-11H2,1-2H3,(H,23,24). The summed E-state index contributed by atoms with van der Waals surface area (Å²) in [5, 5.41) is 12.2. The SMILES string of the molecule is CCOc1cc(CNC(C)C(=O)O)c(Cl)cc1OCc1ccccc1F. The maximum absolute atomic E-state index is 13.7. The summed E-state index contributed by atoms with van der Waals surface area (Å²) in [6, 6.07) is 8.94. The molecule has 1 unspecified atom stereocenters. The number of rotatable bonds is 9. The van der Waals surface area contributed by atoms with Crippen LogP contribution in [0.3, 0.4) is 0 Å². The van der Waals surface area contributed by atoms with E-state index in [1.54, 1.807) is 37.3 Å². The Bertz CT molecular complexity index is 769. The average Bonchev–Trinajstić information content (AvgIpc) is 2.61. The van der Waals surface area contributed by atoms with E-state index in [2.05, 4.69) is 5.32 Å². The molecule has 0 aliphatic carbocycles. The van der Waals surface area contributed by atoms with Gasteiger partial charge in [0.15, 0.2) is 11.5 Å². The molecular weight excluding hydrogens is 361 g/mol. The second-order valence-electron chi connectivity index (χ2n) is 5.64. The first-order chi connectivity index (χ1) is 12.4. The van der Waals surface area contributed by atoms with Gasteiger partial charge in [-0.2, -0.15) is 0 Å². The third-order valence-electron chi connectivity index (χ3n) is 3.72. The quantitative estimate of drug-likeness (QED) is 0.686. The summed E-state index contributed by atoms with van der Waals surface area (Å²) in [5.74, 6) is -0.431. The number of halogens is 2. The number of hydrogen-bond donors (Lipinski definition) is 2. The van der Waals surface area contributed by atoms with Crippen LogP contribution in [0.5, 0.6) is 11.5 Å². The third kappa shape index (κ3) is 5.34. The number of carbonyl (C=O) groups is 1. The van der Waals surface area contributed by atoms with Crippen molar-refractivity contribution in [3.8, 4) is 11.5 Å². The van der Waals surface area contributed by atoms with Crippen LogP contribution in [0.25, 0.3) is 0 Å². The highest BCUT2D eigenvalue weighted by Crippen LogP contribution is 2.34. The molecule has 26 heavy (non-hydrogen) atoms. The van der Waals surface area contributed by atoms with Gasteiger partial charge in [-0.25, -0.2) is 4.39 Å². The van der Waals surface area contributed by atoms with Crippen LogP contribution in [-0.4, -0.2) is 23.7 Å². The van der Waals surface area contributed by atoms with Gasteiger partial charge in [0.05, 0.1) is 6.61 Å². The molecule has 0 aliphatic heterocycles. The van der Waals surface area contributed by atoms with Gasteiger partial charge < -0.3 is 19.9 Å². The number of carboxylic acid groups (broad SMARTS) is 1. The zero-order valence-corrected chi connectivity index (χ0v) is 15.3. The van der Waals surface area contributed by atoms with Gasteiger partial charge in [0.2, 0.25) is 0 Å². The monoisotopic (exact) mass is 381 g/mol. The molecule has 140 valence electrons. The predicted molar refractivity (Wildman–Crippen MR) is 97.3 cm³/mol. The number of ether oxygens (including phenoxy) is 2. The van der Waals surface area contributed by atoms with Gasteiger partial charge in [-0.15, -0.1) is 0 Å². The fraction of sp³-hybridized carbons (Fsp3) is 0.316. The van der Waals surface area contributed by atoms with Crippen molar-refractivity contribution in [1.29, 1.82) is 0 Å². The molecule has 2 N–H and O–H groups in total. The van der Waals surface area contributed by atoms with E-state index in [0.29, 0.717) is 34.3 Å². The van der Waals surface area contributed by atoms with Crippen LogP contribution in [0.15, 0.2) is 36.4 Å². The molecule has 0 saturated heterocycles. The van der Waals surface area contributed by atoms with E-state index in [1.807, 2.05) is 6.92 Å². The topological polar surface area (TPSA) is 67.8 Å². The van der Waals surface area contributed by atoms with E-state index in [1.165, 1.54) is 6.07 Å². The van der Waals surface area contributed by atoms with Crippen LogP contribution >= 0.6 is 11.6 Å². The van der Waals surface area contributed by atoms with Crippen LogP contribution in [-0.2, 0) is 17.9 Å². The Morgan fingerprint density at radius 1 is 1.23 bits per heavy atom. The minimum Gasteiger partial charge on any atom is -0.490 e. The van der Waals surface area contributed by atoms with Gasteiger partial charge in [-0.3, -0.25) is 4.79 Å². The lowest BCUT2D eigenvalue weighted by Crippen LogP contribution is -2.33. The summed E-state index contributed by atoms with van der Waals surface area (Å²) in [4.78, 5) is 10.9. The van der Waals surface area contributed by atoms with Crippen molar-refractivity contribution in [3.63, 3.8) is 0 Å². The van der Waals surface area contributed by atoms with Gasteiger partial charge in [0.25, 0.3) is 0 Å². The summed E-state index contributed by atoms with van der Waals surface area (Å²) in [7, 11) is 0. The number of hydrogen-bond acceptors (Lipinski definition) is 4. The lowest BCUT2D eigenvalue weighted by molar-refractivity contribution is -0.139. The van der Waals surface area contributed by atoms with Crippen LogP contribution in [0.2, 0.25) is 5.02 Å². The van der Waals surface area contributed by atoms with Crippen molar-refractivity contribution in [2.75, 3.05) is 6.61 Å². The molecule has 0 aromatic heterocycles. The van der Waals surface area contributed by atoms with Crippen molar-refractivity contribution in [3.05, 3.63) is 58.4 Å². The minimum atomic E-state index is -0.948. The van der Waals surface area contributed by atoms with Gasteiger partial charge >= 0.3 is 5.97 Å². The summed E-state index contributed by atoms with van der Waals surface area (Å²) < 4.78 is 25.0. The van der Waals surface area contributed by atoms with Crippen LogP contribution in [0.1, 0.15) is 25.0 Å². The number of benzene rings is 2. The van der Waals surface area contributed by atoms with Crippen molar-refractivity contribution in [2.45, 2.75) is 33.0 Å². The third-order valence-corrected chi connectivity index (χ3v) is 4.07. The fourth-order valence-corrected chi connectivity index (χ4v) is 2.44. The molecular formula is C19H21ClFNO4. The first-order valence-electron chi connectivity index (χ1n) is 8.20. The highest BCUT2D eigenvalue weighted by atomic mass is 35.5. The van der Waals surface area contributed by atoms with E-state index in [0.717, 1.165) is 0 Å². The summed E-state index contributed by atoms with van der Waals surface area (Å²) in [5.41, 5.74) is 1.11. The molecule has 0 saturated carbocycles. The zero-order valence-electron chi connectivity index (χ0n) is 14.6. The molecule has 0 amide bonds.